The number of benzene rings is 4. The predicted molar refractivity (Wildman–Crippen MR) is 263 cm³/mol. The van der Waals surface area contributed by atoms with Gasteiger partial charge in [-0.05, 0) is 175 Å². The zero-order chi connectivity index (χ0) is 40.9. The number of nitrogens with one attached hydrogen (secondary N) is 8. The highest BCUT2D eigenvalue weighted by molar-refractivity contribution is 7.81. The third-order valence-corrected chi connectivity index (χ3v) is 10.1. The van der Waals surface area contributed by atoms with Gasteiger partial charge in [-0.1, -0.05) is 72.8 Å². The van der Waals surface area contributed by atoms with E-state index in [0.717, 1.165) is 127 Å². The van der Waals surface area contributed by atoms with Crippen LogP contribution in [-0.4, -0.2) is 95.7 Å². The Labute approximate surface area is 367 Å². The summed E-state index contributed by atoms with van der Waals surface area (Å²) >= 11 is 22.2. The highest BCUT2D eigenvalue weighted by Gasteiger charge is 2.10. The lowest BCUT2D eigenvalue weighted by Crippen LogP contribution is -2.36. The van der Waals surface area contributed by atoms with Crippen LogP contribution in [-0.2, 0) is 0 Å². The SMILES string of the molecule is S=C(NCCCN(CCCCN(CCCNC(=S)Nc1ccccc1)CCCNC(=S)Nc1ccccc1)CCCNC(=S)Nc1ccccc1)Nc1ccccc1. The fourth-order valence-electron chi connectivity index (χ4n) is 6.15. The molecule has 4 aromatic carbocycles. The van der Waals surface area contributed by atoms with Crippen LogP contribution in [0.1, 0.15) is 38.5 Å². The molecule has 0 bridgehead atoms. The number of anilines is 4. The smallest absolute Gasteiger partial charge is 0.170 e. The van der Waals surface area contributed by atoms with Crippen molar-refractivity contribution in [1.82, 2.24) is 31.1 Å². The van der Waals surface area contributed by atoms with Crippen LogP contribution in [0.4, 0.5) is 22.7 Å². The van der Waals surface area contributed by atoms with Gasteiger partial charge in [0.15, 0.2) is 20.4 Å². The lowest BCUT2D eigenvalue weighted by molar-refractivity contribution is 0.235. The van der Waals surface area contributed by atoms with E-state index in [1.54, 1.807) is 0 Å². The van der Waals surface area contributed by atoms with Crippen molar-refractivity contribution in [3.63, 3.8) is 0 Å². The minimum atomic E-state index is 0.649. The number of unbranched alkanes of at least 4 members (excludes halogenated alkanes) is 1. The second-order valence-electron chi connectivity index (χ2n) is 13.8. The largest absolute Gasteiger partial charge is 0.362 e. The molecule has 4 aromatic rings. The monoisotopic (exact) mass is 856 g/mol. The van der Waals surface area contributed by atoms with E-state index in [2.05, 4.69) is 52.3 Å². The molecule has 0 aliphatic heterocycles. The summed E-state index contributed by atoms with van der Waals surface area (Å²) in [4.78, 5) is 5.15. The average molecular weight is 857 g/mol. The number of hydrogen-bond donors (Lipinski definition) is 8. The summed E-state index contributed by atoms with van der Waals surface area (Å²) < 4.78 is 0. The van der Waals surface area contributed by atoms with Crippen molar-refractivity contribution >= 4 is 92.1 Å². The predicted octanol–water partition coefficient (Wildman–Crippen LogP) is 7.88. The van der Waals surface area contributed by atoms with Gasteiger partial charge in [0.1, 0.15) is 0 Å². The molecular weight excluding hydrogens is 797 g/mol. The zero-order valence-electron chi connectivity index (χ0n) is 33.4. The summed E-state index contributed by atoms with van der Waals surface area (Å²) in [6.07, 6.45) is 6.20. The molecule has 0 heterocycles. The molecule has 0 aromatic heterocycles. The van der Waals surface area contributed by atoms with E-state index in [4.69, 9.17) is 48.9 Å². The molecule has 10 nitrogen and oxygen atoms in total. The van der Waals surface area contributed by atoms with Gasteiger partial charge < -0.3 is 52.3 Å². The van der Waals surface area contributed by atoms with Crippen molar-refractivity contribution in [3.8, 4) is 0 Å². The van der Waals surface area contributed by atoms with Crippen LogP contribution in [0.2, 0.25) is 0 Å². The summed E-state index contributed by atoms with van der Waals surface area (Å²) in [5.41, 5.74) is 3.95. The van der Waals surface area contributed by atoms with Crippen LogP contribution in [0.15, 0.2) is 121 Å². The normalized spacial score (nSPS) is 10.7. The van der Waals surface area contributed by atoms with Crippen LogP contribution in [0, 0.1) is 0 Å². The second kappa shape index (κ2) is 28.9. The maximum absolute atomic E-state index is 5.54. The van der Waals surface area contributed by atoms with E-state index < -0.39 is 0 Å². The van der Waals surface area contributed by atoms with Gasteiger partial charge in [0.05, 0.1) is 0 Å². The Morgan fingerprint density at radius 2 is 0.517 bits per heavy atom. The van der Waals surface area contributed by atoms with Gasteiger partial charge in [0.2, 0.25) is 0 Å². The molecule has 0 radical (unpaired) electrons. The van der Waals surface area contributed by atoms with Gasteiger partial charge in [0.25, 0.3) is 0 Å². The quantitative estimate of drug-likeness (QED) is 0.0245. The van der Waals surface area contributed by atoms with Crippen molar-refractivity contribution in [2.75, 3.05) is 86.7 Å². The van der Waals surface area contributed by atoms with Gasteiger partial charge in [-0.25, -0.2) is 0 Å². The number of nitrogens with zero attached hydrogens (tertiary/aromatic N) is 2. The number of hydrogen-bond acceptors (Lipinski definition) is 6. The maximum atomic E-state index is 5.54. The molecule has 310 valence electrons. The summed E-state index contributed by atoms with van der Waals surface area (Å²) in [6, 6.07) is 40.1. The Bertz CT molecular complexity index is 1480. The molecule has 58 heavy (non-hydrogen) atoms. The first kappa shape index (κ1) is 46.3. The van der Waals surface area contributed by atoms with Crippen molar-refractivity contribution in [2.45, 2.75) is 38.5 Å². The summed E-state index contributed by atoms with van der Waals surface area (Å²) in [7, 11) is 0. The second-order valence-corrected chi connectivity index (χ2v) is 15.4. The van der Waals surface area contributed by atoms with E-state index in [9.17, 15) is 0 Å². The van der Waals surface area contributed by atoms with Crippen LogP contribution in [0.5, 0.6) is 0 Å². The molecular formula is C44H60N10S4. The lowest BCUT2D eigenvalue weighted by Gasteiger charge is -2.25. The van der Waals surface area contributed by atoms with Crippen LogP contribution >= 0.6 is 48.9 Å². The number of thiocarbonyl (C=S) groups is 4. The number of para-hydroxylation sites is 4. The van der Waals surface area contributed by atoms with E-state index in [0.29, 0.717) is 20.4 Å². The fourth-order valence-corrected chi connectivity index (χ4v) is 7.03. The van der Waals surface area contributed by atoms with Crippen molar-refractivity contribution in [1.29, 1.82) is 0 Å². The van der Waals surface area contributed by atoms with Crippen molar-refractivity contribution < 1.29 is 0 Å². The van der Waals surface area contributed by atoms with Gasteiger partial charge >= 0.3 is 0 Å². The Kier molecular flexibility index (Phi) is 23.0. The van der Waals surface area contributed by atoms with Crippen LogP contribution in [0.3, 0.4) is 0 Å². The van der Waals surface area contributed by atoms with Gasteiger partial charge in [-0.2, -0.15) is 0 Å². The lowest BCUT2D eigenvalue weighted by atomic mass is 10.2. The van der Waals surface area contributed by atoms with Crippen molar-refractivity contribution in [2.24, 2.45) is 0 Å². The minimum Gasteiger partial charge on any atom is -0.362 e. The first-order chi connectivity index (χ1) is 28.4. The minimum absolute atomic E-state index is 0.649. The highest BCUT2D eigenvalue weighted by Crippen LogP contribution is 2.08. The van der Waals surface area contributed by atoms with E-state index in [1.807, 2.05) is 121 Å². The van der Waals surface area contributed by atoms with Crippen LogP contribution < -0.4 is 42.5 Å². The fraction of sp³-hybridized carbons (Fsp3) is 0.364. The molecule has 0 atom stereocenters. The molecule has 14 heteroatoms. The molecule has 0 saturated carbocycles. The Morgan fingerprint density at radius 1 is 0.310 bits per heavy atom. The highest BCUT2D eigenvalue weighted by atomic mass is 32.1. The Hall–Kier alpha value is -4.44. The topological polar surface area (TPSA) is 103 Å². The third kappa shape index (κ3) is 21.4. The molecule has 0 amide bonds. The van der Waals surface area contributed by atoms with Crippen LogP contribution in [0.25, 0.3) is 0 Å². The molecule has 0 aliphatic carbocycles. The molecule has 0 saturated heterocycles. The molecule has 4 rings (SSSR count). The Balaban J connectivity index is 1.21. The van der Waals surface area contributed by atoms with E-state index in [-0.39, 0.29) is 0 Å². The first-order valence-corrected chi connectivity index (χ1v) is 21.9. The number of rotatable bonds is 25. The molecule has 8 N–H and O–H groups in total. The Morgan fingerprint density at radius 3 is 0.741 bits per heavy atom. The molecule has 0 aliphatic rings. The van der Waals surface area contributed by atoms with Gasteiger partial charge in [-0.3, -0.25) is 0 Å². The first-order valence-electron chi connectivity index (χ1n) is 20.3. The average Bonchev–Trinajstić information content (AvgIpc) is 3.23. The maximum Gasteiger partial charge on any atom is 0.170 e. The van der Waals surface area contributed by atoms with Gasteiger partial charge in [0, 0.05) is 48.9 Å². The summed E-state index contributed by atoms with van der Waals surface area (Å²) in [6.45, 7) is 9.26. The standard InChI is InChI=1S/C44H60N10S4/c55-41(49-37-19-5-1-6-20-37)45-27-15-33-53(34-16-28-46-42(56)50-38-21-7-2-8-22-38)31-13-14-32-54(35-17-29-47-43(57)51-39-23-9-3-10-24-39)36-18-30-48-44(58)52-40-25-11-4-12-26-40/h1-12,19-26H,13-18,27-36H2,(H2,45,49,55)(H2,46,50,56)(H2,47,51,57)(H2,48,52,58). The van der Waals surface area contributed by atoms with E-state index >= 15 is 0 Å². The van der Waals surface area contributed by atoms with Crippen molar-refractivity contribution in [3.05, 3.63) is 121 Å². The van der Waals surface area contributed by atoms with Gasteiger partial charge in [-0.15, -0.1) is 0 Å². The molecule has 0 unspecified atom stereocenters. The zero-order valence-corrected chi connectivity index (χ0v) is 36.7. The van der Waals surface area contributed by atoms with E-state index in [1.165, 1.54) is 0 Å². The molecule has 0 spiro atoms. The summed E-state index contributed by atoms with van der Waals surface area (Å²) in [5.74, 6) is 0. The third-order valence-electron chi connectivity index (χ3n) is 9.07. The molecule has 0 fully saturated rings. The summed E-state index contributed by atoms with van der Waals surface area (Å²) in [5, 5.41) is 29.2.